The number of anilines is 1. The maximum atomic E-state index is 14.7. The third kappa shape index (κ3) is 5.05. The van der Waals surface area contributed by atoms with Crippen molar-refractivity contribution >= 4 is 34.5 Å². The summed E-state index contributed by atoms with van der Waals surface area (Å²) in [5.74, 6) is -3.61. The summed E-state index contributed by atoms with van der Waals surface area (Å²) in [7, 11) is 0. The smallest absolute Gasteiger partial charge is 0.416 e. The zero-order valence-corrected chi connectivity index (χ0v) is 21.8. The van der Waals surface area contributed by atoms with E-state index in [9.17, 15) is 32.3 Å². The standard InChI is InChI=1S/C28H20F4N4O3S/c1-15(2)36(26(37)19-9-8-18(12-20(19)29)28(30,31)32)22-14-23(40-25(22)27(38)39)17-6-4-16(5-7-17)21-13-24-33-10-3-11-35(24)34-21/h3-15H,1-2H3,(H,38,39). The van der Waals surface area contributed by atoms with E-state index in [1.807, 2.05) is 18.2 Å². The lowest BCUT2D eigenvalue weighted by atomic mass is 10.1. The van der Waals surface area contributed by atoms with Crippen LogP contribution in [0.3, 0.4) is 0 Å². The van der Waals surface area contributed by atoms with Crippen LogP contribution in [0.25, 0.3) is 27.3 Å². The molecule has 5 rings (SSSR count). The molecular formula is C28H20F4N4O3S. The third-order valence-corrected chi connectivity index (χ3v) is 7.29. The summed E-state index contributed by atoms with van der Waals surface area (Å²) in [5.41, 5.74) is 1.03. The van der Waals surface area contributed by atoms with Crippen LogP contribution >= 0.6 is 11.3 Å². The monoisotopic (exact) mass is 568 g/mol. The second-order valence-corrected chi connectivity index (χ2v) is 10.2. The number of carbonyl (C=O) groups excluding carboxylic acids is 1. The first kappa shape index (κ1) is 27.0. The number of alkyl halides is 3. The molecule has 3 heterocycles. The summed E-state index contributed by atoms with van der Waals surface area (Å²) >= 11 is 0.929. The molecule has 5 aromatic rings. The summed E-state index contributed by atoms with van der Waals surface area (Å²) < 4.78 is 55.3. The lowest BCUT2D eigenvalue weighted by Crippen LogP contribution is -2.38. The molecule has 0 atom stereocenters. The maximum Gasteiger partial charge on any atom is 0.416 e. The van der Waals surface area contributed by atoms with E-state index in [1.54, 1.807) is 49.0 Å². The van der Waals surface area contributed by atoms with Gasteiger partial charge in [-0.3, -0.25) is 4.79 Å². The van der Waals surface area contributed by atoms with E-state index in [2.05, 4.69) is 10.1 Å². The van der Waals surface area contributed by atoms with E-state index in [4.69, 9.17) is 0 Å². The molecule has 1 amide bonds. The fourth-order valence-corrected chi connectivity index (χ4v) is 5.24. The first-order chi connectivity index (χ1) is 18.9. The first-order valence-corrected chi connectivity index (χ1v) is 12.7. The van der Waals surface area contributed by atoms with Crippen molar-refractivity contribution in [2.24, 2.45) is 0 Å². The Kier molecular flexibility index (Phi) is 6.88. The Morgan fingerprint density at radius 3 is 2.33 bits per heavy atom. The number of aromatic nitrogens is 3. The number of nitrogens with zero attached hydrogens (tertiary/aromatic N) is 4. The SMILES string of the molecule is CC(C)N(C(=O)c1ccc(C(F)(F)F)cc1F)c1cc(-c2ccc(-c3cc4ncccn4n3)cc2)sc1C(=O)O. The van der Waals surface area contributed by atoms with Gasteiger partial charge in [0.1, 0.15) is 10.7 Å². The number of hydrogen-bond donors (Lipinski definition) is 1. The summed E-state index contributed by atoms with van der Waals surface area (Å²) in [6.45, 7) is 3.20. The fourth-order valence-electron chi connectivity index (χ4n) is 4.25. The van der Waals surface area contributed by atoms with Crippen LogP contribution in [-0.4, -0.2) is 37.6 Å². The number of carboxylic acid groups (broad SMARTS) is 1. The van der Waals surface area contributed by atoms with E-state index >= 15 is 0 Å². The number of hydrogen-bond acceptors (Lipinski definition) is 5. The van der Waals surface area contributed by atoms with Gasteiger partial charge in [-0.15, -0.1) is 11.3 Å². The van der Waals surface area contributed by atoms with Crippen LogP contribution in [0, 0.1) is 5.82 Å². The summed E-state index contributed by atoms with van der Waals surface area (Å²) in [4.78, 5) is 31.2. The predicted octanol–water partition coefficient (Wildman–Crippen LogP) is 7.04. The topological polar surface area (TPSA) is 87.8 Å². The fraction of sp³-hybridized carbons (Fsp3) is 0.143. The molecule has 2 aromatic carbocycles. The number of carbonyl (C=O) groups is 2. The molecule has 0 radical (unpaired) electrons. The van der Waals surface area contributed by atoms with Gasteiger partial charge in [-0.05, 0) is 49.7 Å². The number of carboxylic acids is 1. The van der Waals surface area contributed by atoms with Crippen molar-refractivity contribution in [3.05, 3.63) is 94.9 Å². The van der Waals surface area contributed by atoms with E-state index in [-0.39, 0.29) is 16.6 Å². The maximum absolute atomic E-state index is 14.7. The van der Waals surface area contributed by atoms with E-state index < -0.39 is 41.0 Å². The van der Waals surface area contributed by atoms with Crippen LogP contribution in [0.5, 0.6) is 0 Å². The summed E-state index contributed by atoms with van der Waals surface area (Å²) in [6.07, 6.45) is -1.34. The van der Waals surface area contributed by atoms with Crippen LogP contribution in [0.4, 0.5) is 23.2 Å². The number of thiophene rings is 1. The Morgan fingerprint density at radius 2 is 1.73 bits per heavy atom. The van der Waals surface area contributed by atoms with Crippen LogP contribution in [0.1, 0.15) is 39.4 Å². The van der Waals surface area contributed by atoms with Crippen molar-refractivity contribution in [2.45, 2.75) is 26.1 Å². The van der Waals surface area contributed by atoms with Gasteiger partial charge in [-0.2, -0.15) is 18.3 Å². The lowest BCUT2D eigenvalue weighted by molar-refractivity contribution is -0.137. The van der Waals surface area contributed by atoms with Gasteiger partial charge >= 0.3 is 12.1 Å². The minimum atomic E-state index is -4.78. The zero-order valence-electron chi connectivity index (χ0n) is 21.0. The number of fused-ring (bicyclic) bond motifs is 1. The Hall–Kier alpha value is -4.58. The van der Waals surface area contributed by atoms with E-state index in [0.29, 0.717) is 27.8 Å². The lowest BCUT2D eigenvalue weighted by Gasteiger charge is -2.27. The average Bonchev–Trinajstić information content (AvgIpc) is 3.53. The van der Waals surface area contributed by atoms with Crippen molar-refractivity contribution in [3.8, 4) is 21.7 Å². The molecule has 0 spiro atoms. The second-order valence-electron chi connectivity index (χ2n) is 9.12. The van der Waals surface area contributed by atoms with E-state index in [1.165, 1.54) is 6.07 Å². The van der Waals surface area contributed by atoms with Crippen LogP contribution in [-0.2, 0) is 6.18 Å². The first-order valence-electron chi connectivity index (χ1n) is 11.9. The molecule has 1 N–H and O–H groups in total. The van der Waals surface area contributed by atoms with Gasteiger partial charge in [0.15, 0.2) is 5.65 Å². The average molecular weight is 569 g/mol. The number of rotatable bonds is 6. The van der Waals surface area contributed by atoms with Gasteiger partial charge in [0.05, 0.1) is 22.5 Å². The number of aromatic carboxylic acids is 1. The molecule has 0 aliphatic carbocycles. The molecule has 12 heteroatoms. The molecule has 3 aromatic heterocycles. The molecular weight excluding hydrogens is 548 g/mol. The molecule has 0 saturated carbocycles. The minimum absolute atomic E-state index is 0.0160. The highest BCUT2D eigenvalue weighted by Gasteiger charge is 2.34. The quantitative estimate of drug-likeness (QED) is 0.222. The second kappa shape index (κ2) is 10.2. The molecule has 204 valence electrons. The van der Waals surface area contributed by atoms with Gasteiger partial charge in [0.25, 0.3) is 5.91 Å². The highest BCUT2D eigenvalue weighted by Crippen LogP contribution is 2.39. The van der Waals surface area contributed by atoms with Gasteiger partial charge < -0.3 is 10.0 Å². The molecule has 0 saturated heterocycles. The molecule has 0 fully saturated rings. The van der Waals surface area contributed by atoms with Crippen molar-refractivity contribution < 1.29 is 32.3 Å². The van der Waals surface area contributed by atoms with Gasteiger partial charge in [-0.25, -0.2) is 18.7 Å². The Labute approximate surface area is 228 Å². The van der Waals surface area contributed by atoms with Gasteiger partial charge in [-0.1, -0.05) is 24.3 Å². The molecule has 0 unspecified atom stereocenters. The normalized spacial score (nSPS) is 11.8. The number of benzene rings is 2. The minimum Gasteiger partial charge on any atom is -0.477 e. The van der Waals surface area contributed by atoms with Gasteiger partial charge in [0.2, 0.25) is 0 Å². The third-order valence-electron chi connectivity index (χ3n) is 6.13. The number of halogens is 4. The highest BCUT2D eigenvalue weighted by molar-refractivity contribution is 7.18. The van der Waals surface area contributed by atoms with Crippen molar-refractivity contribution in [1.82, 2.24) is 14.6 Å². The Bertz CT molecular complexity index is 1710. The Balaban J connectivity index is 1.50. The Morgan fingerprint density at radius 1 is 1.02 bits per heavy atom. The van der Waals surface area contributed by atoms with Crippen molar-refractivity contribution in [3.63, 3.8) is 0 Å². The summed E-state index contributed by atoms with van der Waals surface area (Å²) in [6, 6.07) is 13.3. The molecule has 7 nitrogen and oxygen atoms in total. The highest BCUT2D eigenvalue weighted by atomic mass is 32.1. The van der Waals surface area contributed by atoms with Crippen molar-refractivity contribution in [1.29, 1.82) is 0 Å². The largest absolute Gasteiger partial charge is 0.477 e. The molecule has 0 bridgehead atoms. The van der Waals surface area contributed by atoms with Crippen LogP contribution in [0.2, 0.25) is 0 Å². The molecule has 0 aliphatic rings. The number of amides is 1. The van der Waals surface area contributed by atoms with E-state index in [0.717, 1.165) is 27.9 Å². The zero-order chi connectivity index (χ0) is 28.8. The van der Waals surface area contributed by atoms with Crippen LogP contribution < -0.4 is 4.90 Å². The van der Waals surface area contributed by atoms with Crippen molar-refractivity contribution in [2.75, 3.05) is 4.90 Å². The molecule has 40 heavy (non-hydrogen) atoms. The molecule has 0 aliphatic heterocycles. The van der Waals surface area contributed by atoms with Crippen LogP contribution in [0.15, 0.2) is 73.1 Å². The van der Waals surface area contributed by atoms with Gasteiger partial charge in [0, 0.05) is 34.9 Å². The summed E-state index contributed by atoms with van der Waals surface area (Å²) in [5, 5.41) is 14.4. The predicted molar refractivity (Wildman–Crippen MR) is 142 cm³/mol.